The maximum atomic E-state index is 5.56. The Bertz CT molecular complexity index is 571. The number of aromatic nitrogens is 1. The van der Waals surface area contributed by atoms with Crippen molar-refractivity contribution in [1.29, 1.82) is 0 Å². The fourth-order valence-corrected chi connectivity index (χ4v) is 1.95. The highest BCUT2D eigenvalue weighted by Gasteiger charge is 2.14. The minimum absolute atomic E-state index is 0.445. The first kappa shape index (κ1) is 11.1. The number of nitrogens with zero attached hydrogens (tertiary/aromatic N) is 1. The molecule has 18 heavy (non-hydrogen) atoms. The molecule has 5 heteroatoms. The van der Waals surface area contributed by atoms with Crippen LogP contribution in [0, 0.1) is 0 Å². The molecule has 1 aliphatic rings. The number of nitrogens with two attached hydrogens (primary N) is 1. The van der Waals surface area contributed by atoms with Crippen LogP contribution in [-0.4, -0.2) is 31.3 Å². The summed E-state index contributed by atoms with van der Waals surface area (Å²) in [5.41, 5.74) is 5.43. The molecule has 1 aromatic carbocycles. The van der Waals surface area contributed by atoms with Gasteiger partial charge >= 0.3 is 0 Å². The van der Waals surface area contributed by atoms with Crippen LogP contribution in [0.5, 0.6) is 17.4 Å². The lowest BCUT2D eigenvalue weighted by atomic mass is 10.1. The quantitative estimate of drug-likeness (QED) is 0.885. The minimum atomic E-state index is 0.445. The number of hydrogen-bond acceptors (Lipinski definition) is 5. The summed E-state index contributed by atoms with van der Waals surface area (Å²) in [7, 11) is 0. The molecule has 0 atom stereocenters. The first-order valence-electron chi connectivity index (χ1n) is 5.90. The lowest BCUT2D eigenvalue weighted by molar-refractivity contribution is 0.172. The zero-order valence-electron chi connectivity index (χ0n) is 9.89. The SMILES string of the molecule is NCCOc1nccc2cc3c(cc12)OCCO3. The zero-order chi connectivity index (χ0) is 12.4. The summed E-state index contributed by atoms with van der Waals surface area (Å²) >= 11 is 0. The second kappa shape index (κ2) is 4.70. The van der Waals surface area contributed by atoms with Crippen molar-refractivity contribution >= 4 is 10.8 Å². The summed E-state index contributed by atoms with van der Waals surface area (Å²) in [6.45, 7) is 2.06. The fourth-order valence-electron chi connectivity index (χ4n) is 1.95. The molecule has 0 unspecified atom stereocenters. The van der Waals surface area contributed by atoms with E-state index in [-0.39, 0.29) is 0 Å². The summed E-state index contributed by atoms with van der Waals surface area (Å²) in [4.78, 5) is 4.22. The van der Waals surface area contributed by atoms with Crippen LogP contribution in [0.25, 0.3) is 10.8 Å². The summed E-state index contributed by atoms with van der Waals surface area (Å²) in [6, 6.07) is 5.77. The van der Waals surface area contributed by atoms with E-state index in [9.17, 15) is 0 Å². The van der Waals surface area contributed by atoms with E-state index in [0.29, 0.717) is 32.2 Å². The van der Waals surface area contributed by atoms with E-state index >= 15 is 0 Å². The van der Waals surface area contributed by atoms with Crippen molar-refractivity contribution in [2.45, 2.75) is 0 Å². The summed E-state index contributed by atoms with van der Waals surface area (Å²) in [5.74, 6) is 2.08. The molecule has 94 valence electrons. The Kier molecular flexibility index (Phi) is 2.90. The van der Waals surface area contributed by atoms with Crippen molar-refractivity contribution in [2.75, 3.05) is 26.4 Å². The number of hydrogen-bond donors (Lipinski definition) is 1. The second-order valence-electron chi connectivity index (χ2n) is 3.97. The van der Waals surface area contributed by atoms with Crippen LogP contribution < -0.4 is 19.9 Å². The highest BCUT2D eigenvalue weighted by Crippen LogP contribution is 2.37. The molecule has 2 heterocycles. The largest absolute Gasteiger partial charge is 0.486 e. The number of rotatable bonds is 3. The van der Waals surface area contributed by atoms with Gasteiger partial charge < -0.3 is 19.9 Å². The highest BCUT2D eigenvalue weighted by molar-refractivity contribution is 5.89. The molecule has 2 aromatic rings. The molecule has 5 nitrogen and oxygen atoms in total. The predicted molar refractivity (Wildman–Crippen MR) is 67.3 cm³/mol. The van der Waals surface area contributed by atoms with Gasteiger partial charge in [0.2, 0.25) is 5.88 Å². The molecule has 1 aromatic heterocycles. The fraction of sp³-hybridized carbons (Fsp3) is 0.308. The third kappa shape index (κ3) is 1.93. The second-order valence-corrected chi connectivity index (χ2v) is 3.97. The van der Waals surface area contributed by atoms with Gasteiger partial charge in [-0.25, -0.2) is 4.98 Å². The first-order chi connectivity index (χ1) is 8.88. The summed E-state index contributed by atoms with van der Waals surface area (Å²) in [5, 5.41) is 1.93. The van der Waals surface area contributed by atoms with Gasteiger partial charge in [0.25, 0.3) is 0 Å². The molecule has 0 aliphatic carbocycles. The Labute approximate surface area is 104 Å². The van der Waals surface area contributed by atoms with Gasteiger partial charge in [-0.15, -0.1) is 0 Å². The maximum Gasteiger partial charge on any atom is 0.221 e. The highest BCUT2D eigenvalue weighted by atomic mass is 16.6. The monoisotopic (exact) mass is 246 g/mol. The van der Waals surface area contributed by atoms with Crippen molar-refractivity contribution < 1.29 is 14.2 Å². The molecule has 2 N–H and O–H groups in total. The van der Waals surface area contributed by atoms with Gasteiger partial charge in [-0.05, 0) is 23.6 Å². The Balaban J connectivity index is 2.09. The minimum Gasteiger partial charge on any atom is -0.486 e. The third-order valence-electron chi connectivity index (χ3n) is 2.75. The molecule has 1 aliphatic heterocycles. The van der Waals surface area contributed by atoms with Gasteiger partial charge in [-0.1, -0.05) is 0 Å². The predicted octanol–water partition coefficient (Wildman–Crippen LogP) is 1.34. The van der Waals surface area contributed by atoms with Crippen LogP contribution in [0.1, 0.15) is 0 Å². The Morgan fingerprint density at radius 1 is 1.22 bits per heavy atom. The third-order valence-corrected chi connectivity index (χ3v) is 2.75. The molecule has 3 rings (SSSR count). The van der Waals surface area contributed by atoms with Crippen LogP contribution in [0.3, 0.4) is 0 Å². The normalized spacial score (nSPS) is 13.6. The smallest absolute Gasteiger partial charge is 0.221 e. The van der Waals surface area contributed by atoms with Gasteiger partial charge in [-0.3, -0.25) is 0 Å². The van der Waals surface area contributed by atoms with Gasteiger partial charge in [0, 0.05) is 18.1 Å². The van der Waals surface area contributed by atoms with E-state index < -0.39 is 0 Å². The Hall–Kier alpha value is -2.01. The van der Waals surface area contributed by atoms with E-state index in [1.54, 1.807) is 6.20 Å². The van der Waals surface area contributed by atoms with Crippen LogP contribution in [0.15, 0.2) is 24.4 Å². The standard InChI is InChI=1S/C13H14N2O3/c14-2-4-18-13-10-8-12-11(16-5-6-17-12)7-9(10)1-3-15-13/h1,3,7-8H,2,4-6,14H2. The average molecular weight is 246 g/mol. The van der Waals surface area contributed by atoms with Crippen molar-refractivity contribution in [3.63, 3.8) is 0 Å². The van der Waals surface area contributed by atoms with Crippen molar-refractivity contribution in [1.82, 2.24) is 4.98 Å². The van der Waals surface area contributed by atoms with E-state index in [0.717, 1.165) is 22.3 Å². The number of benzene rings is 1. The first-order valence-corrected chi connectivity index (χ1v) is 5.90. The molecular formula is C13H14N2O3. The topological polar surface area (TPSA) is 66.6 Å². The molecule has 0 fully saturated rings. The number of pyridine rings is 1. The lowest BCUT2D eigenvalue weighted by Gasteiger charge is -2.19. The van der Waals surface area contributed by atoms with Crippen LogP contribution in [-0.2, 0) is 0 Å². The molecule has 0 saturated heterocycles. The average Bonchev–Trinajstić information content (AvgIpc) is 2.43. The van der Waals surface area contributed by atoms with Gasteiger partial charge in [0.05, 0.1) is 0 Å². The maximum absolute atomic E-state index is 5.56. The number of ether oxygens (including phenoxy) is 3. The lowest BCUT2D eigenvalue weighted by Crippen LogP contribution is -2.15. The molecule has 0 spiro atoms. The van der Waals surface area contributed by atoms with Crippen LogP contribution >= 0.6 is 0 Å². The Morgan fingerprint density at radius 2 is 2.00 bits per heavy atom. The molecule has 0 saturated carbocycles. The van der Waals surface area contributed by atoms with Crippen molar-refractivity contribution in [3.05, 3.63) is 24.4 Å². The molecule has 0 amide bonds. The molecular weight excluding hydrogens is 232 g/mol. The van der Waals surface area contributed by atoms with E-state index in [1.807, 2.05) is 18.2 Å². The molecule has 0 radical (unpaired) electrons. The van der Waals surface area contributed by atoms with Crippen molar-refractivity contribution in [2.24, 2.45) is 5.73 Å². The van der Waals surface area contributed by atoms with Crippen LogP contribution in [0.4, 0.5) is 0 Å². The summed E-state index contributed by atoms with van der Waals surface area (Å²) in [6.07, 6.45) is 1.71. The van der Waals surface area contributed by atoms with E-state index in [4.69, 9.17) is 19.9 Å². The molecule has 0 bridgehead atoms. The van der Waals surface area contributed by atoms with Crippen molar-refractivity contribution in [3.8, 4) is 17.4 Å². The van der Waals surface area contributed by atoms with Crippen LogP contribution in [0.2, 0.25) is 0 Å². The van der Waals surface area contributed by atoms with Gasteiger partial charge in [-0.2, -0.15) is 0 Å². The zero-order valence-corrected chi connectivity index (χ0v) is 9.89. The number of fused-ring (bicyclic) bond motifs is 2. The summed E-state index contributed by atoms with van der Waals surface area (Å²) < 4.78 is 16.6. The van der Waals surface area contributed by atoms with Gasteiger partial charge in [0.1, 0.15) is 19.8 Å². The van der Waals surface area contributed by atoms with Gasteiger partial charge in [0.15, 0.2) is 11.5 Å². The Morgan fingerprint density at radius 3 is 2.78 bits per heavy atom. The van der Waals surface area contributed by atoms with E-state index in [1.165, 1.54) is 0 Å². The van der Waals surface area contributed by atoms with E-state index in [2.05, 4.69) is 4.98 Å².